The normalized spacial score (nSPS) is 23.0. The maximum atomic E-state index is 11.9. The van der Waals surface area contributed by atoms with Crippen molar-refractivity contribution in [2.45, 2.75) is 33.1 Å². The minimum Gasteiger partial charge on any atom is -0.396 e. The first-order valence-electron chi connectivity index (χ1n) is 5.76. The van der Waals surface area contributed by atoms with Crippen LogP contribution in [0.4, 0.5) is 0 Å². The summed E-state index contributed by atoms with van der Waals surface area (Å²) < 4.78 is 0. The largest absolute Gasteiger partial charge is 0.396 e. The Bertz CT molecular complexity index is 248. The number of allylic oxidation sites excluding steroid dienone is 1. The van der Waals surface area contributed by atoms with Crippen molar-refractivity contribution in [3.8, 4) is 0 Å². The predicted octanol–water partition coefficient (Wildman–Crippen LogP) is 1.57. The molecule has 0 aromatic carbocycles. The van der Waals surface area contributed by atoms with Gasteiger partial charge in [0.25, 0.3) is 0 Å². The molecule has 0 bridgehead atoms. The average Bonchev–Trinajstić information content (AvgIpc) is 2.28. The molecule has 0 aromatic heterocycles. The summed E-state index contributed by atoms with van der Waals surface area (Å²) in [5.74, 6) is 0.409. The summed E-state index contributed by atoms with van der Waals surface area (Å²) in [5.41, 5.74) is 0.830. The summed E-state index contributed by atoms with van der Waals surface area (Å²) in [6.07, 6.45) is 4.91. The highest BCUT2D eigenvalue weighted by molar-refractivity contribution is 5.92. The monoisotopic (exact) mass is 211 g/mol. The molecule has 1 amide bonds. The molecule has 1 atom stereocenters. The number of aliphatic hydroxyl groups excluding tert-OH is 1. The lowest BCUT2D eigenvalue weighted by atomic mass is 9.98. The zero-order valence-electron chi connectivity index (χ0n) is 9.70. The van der Waals surface area contributed by atoms with E-state index in [-0.39, 0.29) is 18.4 Å². The van der Waals surface area contributed by atoms with Crippen molar-refractivity contribution in [2.75, 3.05) is 19.7 Å². The average molecular weight is 211 g/mol. The Hall–Kier alpha value is -0.830. The van der Waals surface area contributed by atoms with Gasteiger partial charge in [0.05, 0.1) is 0 Å². The number of piperidine rings is 1. The van der Waals surface area contributed by atoms with Gasteiger partial charge >= 0.3 is 0 Å². The van der Waals surface area contributed by atoms with Gasteiger partial charge in [-0.15, -0.1) is 0 Å². The van der Waals surface area contributed by atoms with Crippen molar-refractivity contribution in [3.05, 3.63) is 11.6 Å². The number of likely N-dealkylation sites (tertiary alicyclic amines) is 1. The molecule has 1 N–H and O–H groups in total. The molecule has 15 heavy (non-hydrogen) atoms. The number of nitrogens with zero attached hydrogens (tertiary/aromatic N) is 1. The first-order chi connectivity index (χ1) is 7.19. The number of amides is 1. The van der Waals surface area contributed by atoms with Gasteiger partial charge in [0.1, 0.15) is 0 Å². The fourth-order valence-corrected chi connectivity index (χ4v) is 2.04. The van der Waals surface area contributed by atoms with Crippen molar-refractivity contribution in [1.29, 1.82) is 0 Å². The summed E-state index contributed by atoms with van der Waals surface area (Å²) in [5, 5.41) is 9.08. The summed E-state index contributed by atoms with van der Waals surface area (Å²) in [6.45, 7) is 5.65. The molecule has 1 unspecified atom stereocenters. The fraction of sp³-hybridized carbons (Fsp3) is 0.750. The van der Waals surface area contributed by atoms with E-state index in [1.807, 2.05) is 24.8 Å². The van der Waals surface area contributed by atoms with E-state index in [1.165, 1.54) is 0 Å². The van der Waals surface area contributed by atoms with Crippen LogP contribution in [-0.2, 0) is 4.79 Å². The van der Waals surface area contributed by atoms with Gasteiger partial charge in [-0.3, -0.25) is 4.79 Å². The van der Waals surface area contributed by atoms with E-state index in [0.29, 0.717) is 6.54 Å². The third-order valence-electron chi connectivity index (χ3n) is 2.91. The minimum atomic E-state index is 0.134. The number of aliphatic hydroxyl groups is 1. The van der Waals surface area contributed by atoms with Gasteiger partial charge in [-0.25, -0.2) is 0 Å². The molecule has 1 aliphatic rings. The molecule has 0 aliphatic carbocycles. The minimum absolute atomic E-state index is 0.134. The molecule has 3 heteroatoms. The molecule has 0 saturated carbocycles. The van der Waals surface area contributed by atoms with Crippen molar-refractivity contribution in [1.82, 2.24) is 4.90 Å². The molecule has 1 fully saturated rings. The summed E-state index contributed by atoms with van der Waals surface area (Å²) in [4.78, 5) is 13.8. The van der Waals surface area contributed by atoms with Gasteiger partial charge in [0, 0.05) is 25.3 Å². The lowest BCUT2D eigenvalue weighted by molar-refractivity contribution is -0.129. The van der Waals surface area contributed by atoms with Crippen LogP contribution in [0.1, 0.15) is 33.1 Å². The van der Waals surface area contributed by atoms with Crippen LogP contribution in [0.25, 0.3) is 0 Å². The zero-order chi connectivity index (χ0) is 11.3. The first kappa shape index (κ1) is 12.2. The standard InChI is InChI=1S/C12H21NO2/c1-3-5-10(2)12(15)13-7-4-6-11(8-13)9-14/h5,11,14H,3-4,6-9H2,1-2H3/b10-5+. The smallest absolute Gasteiger partial charge is 0.249 e. The van der Waals surface area contributed by atoms with Gasteiger partial charge < -0.3 is 10.0 Å². The second-order valence-corrected chi connectivity index (χ2v) is 4.24. The van der Waals surface area contributed by atoms with Crippen molar-refractivity contribution >= 4 is 5.91 Å². The quantitative estimate of drug-likeness (QED) is 0.720. The number of hydrogen-bond acceptors (Lipinski definition) is 2. The molecule has 0 spiro atoms. The molecule has 1 heterocycles. The van der Waals surface area contributed by atoms with E-state index >= 15 is 0 Å². The lowest BCUT2D eigenvalue weighted by Crippen LogP contribution is -2.41. The SMILES string of the molecule is CC/C=C(\C)C(=O)N1CCCC(CO)C1. The third kappa shape index (κ3) is 3.34. The summed E-state index contributed by atoms with van der Waals surface area (Å²) in [6, 6.07) is 0. The Morgan fingerprint density at radius 2 is 2.33 bits per heavy atom. The lowest BCUT2D eigenvalue weighted by Gasteiger charge is -2.32. The fourth-order valence-electron chi connectivity index (χ4n) is 2.04. The first-order valence-corrected chi connectivity index (χ1v) is 5.76. The van der Waals surface area contributed by atoms with Gasteiger partial charge in [-0.05, 0) is 32.1 Å². The highest BCUT2D eigenvalue weighted by atomic mass is 16.3. The molecular formula is C12H21NO2. The number of carbonyl (C=O) groups excluding carboxylic acids is 1. The Morgan fingerprint density at radius 1 is 1.60 bits per heavy atom. The summed E-state index contributed by atoms with van der Waals surface area (Å²) >= 11 is 0. The topological polar surface area (TPSA) is 40.5 Å². The number of carbonyl (C=O) groups is 1. The van der Waals surface area contributed by atoms with Crippen LogP contribution in [0.2, 0.25) is 0 Å². The third-order valence-corrected chi connectivity index (χ3v) is 2.91. The van der Waals surface area contributed by atoms with Crippen LogP contribution in [0.15, 0.2) is 11.6 Å². The highest BCUT2D eigenvalue weighted by Crippen LogP contribution is 2.17. The number of hydrogen-bond donors (Lipinski definition) is 1. The molecule has 86 valence electrons. The van der Waals surface area contributed by atoms with E-state index in [2.05, 4.69) is 0 Å². The predicted molar refractivity (Wildman–Crippen MR) is 60.4 cm³/mol. The van der Waals surface area contributed by atoms with E-state index in [4.69, 9.17) is 5.11 Å². The number of rotatable bonds is 3. The molecule has 0 aromatic rings. The van der Waals surface area contributed by atoms with Gasteiger partial charge in [-0.2, -0.15) is 0 Å². The molecular weight excluding hydrogens is 190 g/mol. The van der Waals surface area contributed by atoms with Crippen molar-refractivity contribution in [2.24, 2.45) is 5.92 Å². The van der Waals surface area contributed by atoms with E-state index in [9.17, 15) is 4.79 Å². The van der Waals surface area contributed by atoms with Crippen LogP contribution in [-0.4, -0.2) is 35.6 Å². The Labute approximate surface area is 91.8 Å². The Kier molecular flexibility index (Phi) is 4.82. The van der Waals surface area contributed by atoms with Crippen LogP contribution >= 0.6 is 0 Å². The highest BCUT2D eigenvalue weighted by Gasteiger charge is 2.23. The van der Waals surface area contributed by atoms with Crippen molar-refractivity contribution < 1.29 is 9.90 Å². The maximum absolute atomic E-state index is 11.9. The van der Waals surface area contributed by atoms with Crippen molar-refractivity contribution in [3.63, 3.8) is 0 Å². The van der Waals surface area contributed by atoms with Gasteiger partial charge in [-0.1, -0.05) is 13.0 Å². The van der Waals surface area contributed by atoms with E-state index in [1.54, 1.807) is 0 Å². The molecule has 1 rings (SSSR count). The van der Waals surface area contributed by atoms with E-state index < -0.39 is 0 Å². The zero-order valence-corrected chi connectivity index (χ0v) is 9.70. The second-order valence-electron chi connectivity index (χ2n) is 4.24. The molecule has 1 saturated heterocycles. The summed E-state index contributed by atoms with van der Waals surface area (Å²) in [7, 11) is 0. The van der Waals surface area contributed by atoms with Crippen LogP contribution in [0, 0.1) is 5.92 Å². The van der Waals surface area contributed by atoms with Crippen LogP contribution < -0.4 is 0 Å². The maximum Gasteiger partial charge on any atom is 0.249 e. The Morgan fingerprint density at radius 3 is 2.93 bits per heavy atom. The van der Waals surface area contributed by atoms with Crippen LogP contribution in [0.5, 0.6) is 0 Å². The van der Waals surface area contributed by atoms with Gasteiger partial charge in [0.15, 0.2) is 0 Å². The van der Waals surface area contributed by atoms with E-state index in [0.717, 1.165) is 31.4 Å². The molecule has 1 aliphatic heterocycles. The molecule has 3 nitrogen and oxygen atoms in total. The Balaban J connectivity index is 2.56. The molecule has 0 radical (unpaired) electrons. The second kappa shape index (κ2) is 5.91. The van der Waals surface area contributed by atoms with Crippen LogP contribution in [0.3, 0.4) is 0 Å². The van der Waals surface area contributed by atoms with Gasteiger partial charge in [0.2, 0.25) is 5.91 Å².